The van der Waals surface area contributed by atoms with Gasteiger partial charge in [-0.2, -0.15) is 0 Å². The minimum absolute atomic E-state index is 0. The van der Waals surface area contributed by atoms with Gasteiger partial charge in [-0.3, -0.25) is 14.0 Å². The van der Waals surface area contributed by atoms with Crippen molar-refractivity contribution in [3.63, 3.8) is 0 Å². The van der Waals surface area contributed by atoms with Crippen molar-refractivity contribution in [2.24, 2.45) is 0 Å². The van der Waals surface area contributed by atoms with E-state index in [-0.39, 0.29) is 23.2 Å². The predicted molar refractivity (Wildman–Crippen MR) is 171 cm³/mol. The fourth-order valence-corrected chi connectivity index (χ4v) is 7.67. The first-order valence-electron chi connectivity index (χ1n) is 13.6. The number of para-hydroxylation sites is 1. The Bertz CT molecular complexity index is 1620. The Morgan fingerprint density at radius 2 is 1.62 bits per heavy atom. The number of carbonyl (C=O) groups is 1. The van der Waals surface area contributed by atoms with Gasteiger partial charge in [-0.1, -0.05) is 43.4 Å². The second-order valence-corrected chi connectivity index (χ2v) is 12.4. The highest BCUT2D eigenvalue weighted by Gasteiger charge is 2.31. The molecule has 0 saturated carbocycles. The molecule has 1 aliphatic rings. The number of carbonyl (C=O) groups excluding carboxylic acids is 1. The summed E-state index contributed by atoms with van der Waals surface area (Å²) in [5.74, 6) is 0.987. The monoisotopic (exact) mass is 630 g/mol. The van der Waals surface area contributed by atoms with E-state index in [4.69, 9.17) is 14.5 Å². The number of anilines is 2. The highest BCUT2D eigenvalue weighted by molar-refractivity contribution is 7.92. The van der Waals surface area contributed by atoms with Crippen molar-refractivity contribution in [3.8, 4) is 11.5 Å². The third kappa shape index (κ3) is 5.92. The summed E-state index contributed by atoms with van der Waals surface area (Å²) >= 11 is 1.36. The maximum absolute atomic E-state index is 14.0. The summed E-state index contributed by atoms with van der Waals surface area (Å²) in [6.07, 6.45) is 0.672. The van der Waals surface area contributed by atoms with Crippen LogP contribution in [0.2, 0.25) is 0 Å². The third-order valence-corrected chi connectivity index (χ3v) is 10.4. The largest absolute Gasteiger partial charge is 0.495 e. The molecule has 42 heavy (non-hydrogen) atoms. The van der Waals surface area contributed by atoms with Crippen LogP contribution in [0.1, 0.15) is 29.8 Å². The van der Waals surface area contributed by atoms with Crippen LogP contribution in [0.4, 0.5) is 10.8 Å². The number of likely N-dealkylation sites (N-methyl/N-ethyl adjacent to an activating group) is 1. The summed E-state index contributed by atoms with van der Waals surface area (Å²) in [6, 6.07) is 17.3. The number of aromatic nitrogens is 1. The Morgan fingerprint density at radius 3 is 2.29 bits per heavy atom. The van der Waals surface area contributed by atoms with Crippen molar-refractivity contribution < 1.29 is 22.7 Å². The van der Waals surface area contributed by atoms with E-state index in [1.165, 1.54) is 27.8 Å². The molecule has 0 atom stereocenters. The first-order chi connectivity index (χ1) is 19.8. The summed E-state index contributed by atoms with van der Waals surface area (Å²) in [5, 5.41) is 0.519. The van der Waals surface area contributed by atoms with Crippen LogP contribution in [-0.4, -0.2) is 71.2 Å². The molecule has 1 aromatic heterocycles. The zero-order chi connectivity index (χ0) is 29.1. The number of hydrogen-bond acceptors (Lipinski definition) is 8. The van der Waals surface area contributed by atoms with Gasteiger partial charge >= 0.3 is 0 Å². The van der Waals surface area contributed by atoms with Crippen LogP contribution < -0.4 is 18.7 Å². The smallest absolute Gasteiger partial charge is 0.264 e. The molecule has 0 unspecified atom stereocenters. The standard InChI is InChI=1S/C30H34N4O5S2.ClH/c1-5-32(6-2)19-20-33(30-31-27-25(38-3)15-16-26(39-4)28(27)40-30)29(35)22-11-13-23(14-12-22)41(36,37)34-18-17-21-9-7-8-10-24(21)34;/h7-16H,5-6,17-20H2,1-4H3;1H. The van der Waals surface area contributed by atoms with Crippen LogP contribution >= 0.6 is 23.7 Å². The topological polar surface area (TPSA) is 92.3 Å². The van der Waals surface area contributed by atoms with E-state index in [9.17, 15) is 13.2 Å². The number of halogens is 1. The first-order valence-corrected chi connectivity index (χ1v) is 15.8. The van der Waals surface area contributed by atoms with Crippen molar-refractivity contribution in [3.05, 3.63) is 71.8 Å². The van der Waals surface area contributed by atoms with Crippen LogP contribution in [0.25, 0.3) is 10.2 Å². The van der Waals surface area contributed by atoms with Gasteiger partial charge in [0.2, 0.25) is 0 Å². The predicted octanol–water partition coefficient (Wildman–Crippen LogP) is 5.48. The van der Waals surface area contributed by atoms with Crippen LogP contribution in [0.15, 0.2) is 65.6 Å². The molecule has 4 aromatic rings. The molecule has 1 aliphatic heterocycles. The van der Waals surface area contributed by atoms with Gasteiger partial charge in [-0.25, -0.2) is 13.4 Å². The highest BCUT2D eigenvalue weighted by atomic mass is 35.5. The van der Waals surface area contributed by atoms with E-state index < -0.39 is 10.0 Å². The lowest BCUT2D eigenvalue weighted by Crippen LogP contribution is -2.39. The van der Waals surface area contributed by atoms with E-state index in [2.05, 4.69) is 18.7 Å². The molecule has 0 spiro atoms. The van der Waals surface area contributed by atoms with Crippen LogP contribution in [0, 0.1) is 0 Å². The molecule has 3 aromatic carbocycles. The molecule has 5 rings (SSSR count). The molecule has 12 heteroatoms. The molecule has 0 N–H and O–H groups in total. The van der Waals surface area contributed by atoms with Gasteiger partial charge in [0.1, 0.15) is 21.7 Å². The zero-order valence-electron chi connectivity index (χ0n) is 24.1. The molecule has 1 amide bonds. The molecule has 2 heterocycles. The number of nitrogens with zero attached hydrogens (tertiary/aromatic N) is 4. The normalized spacial score (nSPS) is 12.7. The Morgan fingerprint density at radius 1 is 0.952 bits per heavy atom. The summed E-state index contributed by atoms with van der Waals surface area (Å²) in [4.78, 5) is 22.8. The number of thiazole rings is 1. The summed E-state index contributed by atoms with van der Waals surface area (Å²) in [7, 11) is -0.584. The molecule has 0 aliphatic carbocycles. The molecule has 9 nitrogen and oxygen atoms in total. The highest BCUT2D eigenvalue weighted by Crippen LogP contribution is 2.40. The molecular formula is C30H35ClN4O5S2. The fraction of sp³-hybridized carbons (Fsp3) is 0.333. The number of ether oxygens (including phenoxy) is 2. The van der Waals surface area contributed by atoms with Crippen molar-refractivity contribution in [2.75, 3.05) is 56.1 Å². The number of amides is 1. The van der Waals surface area contributed by atoms with E-state index >= 15 is 0 Å². The number of methoxy groups -OCH3 is 2. The minimum Gasteiger partial charge on any atom is -0.495 e. The molecule has 224 valence electrons. The summed E-state index contributed by atoms with van der Waals surface area (Å²) < 4.78 is 40.3. The van der Waals surface area contributed by atoms with Crippen LogP contribution in [0.3, 0.4) is 0 Å². The number of rotatable bonds is 11. The molecule has 0 bridgehead atoms. The van der Waals surface area contributed by atoms with Crippen LogP contribution in [0.5, 0.6) is 11.5 Å². The first kappa shape index (κ1) is 31.6. The number of hydrogen-bond donors (Lipinski definition) is 0. The maximum Gasteiger partial charge on any atom is 0.264 e. The van der Waals surface area contributed by atoms with E-state index in [0.29, 0.717) is 59.5 Å². The van der Waals surface area contributed by atoms with Gasteiger partial charge < -0.3 is 14.4 Å². The Kier molecular flexibility index (Phi) is 9.98. The Hall–Kier alpha value is -3.38. The quantitative estimate of drug-likeness (QED) is 0.217. The third-order valence-electron chi connectivity index (χ3n) is 7.44. The summed E-state index contributed by atoms with van der Waals surface area (Å²) in [6.45, 7) is 7.34. The SMILES string of the molecule is CCN(CC)CCN(C(=O)c1ccc(S(=O)(=O)N2CCc3ccccc32)cc1)c1nc2c(OC)ccc(OC)c2s1.Cl. The van der Waals surface area contributed by atoms with Gasteiger partial charge in [0, 0.05) is 25.2 Å². The second kappa shape index (κ2) is 13.3. The van der Waals surface area contributed by atoms with Crippen molar-refractivity contribution in [2.45, 2.75) is 25.2 Å². The average Bonchev–Trinajstić information content (AvgIpc) is 3.64. The molecule has 0 radical (unpaired) electrons. The molecular weight excluding hydrogens is 596 g/mol. The average molecular weight is 631 g/mol. The van der Waals surface area contributed by atoms with E-state index in [1.54, 1.807) is 37.3 Å². The lowest BCUT2D eigenvalue weighted by molar-refractivity contribution is 0.0983. The Balaban J connectivity index is 0.00000405. The van der Waals surface area contributed by atoms with Gasteiger partial charge in [-0.15, -0.1) is 12.4 Å². The van der Waals surface area contributed by atoms with Gasteiger partial charge in [0.25, 0.3) is 15.9 Å². The van der Waals surface area contributed by atoms with Crippen molar-refractivity contribution in [1.82, 2.24) is 9.88 Å². The van der Waals surface area contributed by atoms with Crippen LogP contribution in [-0.2, 0) is 16.4 Å². The molecule has 0 saturated heterocycles. The lowest BCUT2D eigenvalue weighted by Gasteiger charge is -2.25. The Labute approximate surface area is 257 Å². The summed E-state index contributed by atoms with van der Waals surface area (Å²) in [5.41, 5.74) is 2.72. The maximum atomic E-state index is 14.0. The van der Waals surface area contributed by atoms with E-state index in [0.717, 1.165) is 23.4 Å². The zero-order valence-corrected chi connectivity index (χ0v) is 26.5. The fourth-order valence-electron chi connectivity index (χ4n) is 5.07. The molecule has 0 fully saturated rings. The van der Waals surface area contributed by atoms with Crippen molar-refractivity contribution >= 4 is 60.7 Å². The lowest BCUT2D eigenvalue weighted by atomic mass is 10.2. The van der Waals surface area contributed by atoms with Crippen molar-refractivity contribution in [1.29, 1.82) is 0 Å². The van der Waals surface area contributed by atoms with Gasteiger partial charge in [0.05, 0.1) is 24.8 Å². The number of benzene rings is 3. The minimum atomic E-state index is -3.76. The van der Waals surface area contributed by atoms with Gasteiger partial charge in [0.15, 0.2) is 5.13 Å². The van der Waals surface area contributed by atoms with E-state index in [1.807, 2.05) is 30.3 Å². The second-order valence-electron chi connectivity index (χ2n) is 9.61. The van der Waals surface area contributed by atoms with Gasteiger partial charge in [-0.05, 0) is 67.5 Å². The number of sulfonamides is 1. The number of fused-ring (bicyclic) bond motifs is 2.